The minimum Gasteiger partial charge on any atom is -0.423 e. The Morgan fingerprint density at radius 2 is 2.20 bits per heavy atom. The topological polar surface area (TPSA) is 86.7 Å². The van der Waals surface area contributed by atoms with Crippen LogP contribution in [0.25, 0.3) is 0 Å². The van der Waals surface area contributed by atoms with Crippen molar-refractivity contribution in [1.29, 1.82) is 0 Å². The Bertz CT molecular complexity index is 461. The zero-order valence-corrected chi connectivity index (χ0v) is 8.12. The second-order valence-electron chi connectivity index (χ2n) is 2.90. The van der Waals surface area contributed by atoms with Crippen LogP contribution in [0.5, 0.6) is 0 Å². The van der Waals surface area contributed by atoms with Crippen molar-refractivity contribution in [3.8, 4) is 0 Å². The monoisotopic (exact) mass is 207 g/mol. The summed E-state index contributed by atoms with van der Waals surface area (Å²) in [7, 11) is 0. The average molecular weight is 207 g/mol. The molecule has 0 aliphatic carbocycles. The number of aldehydes is 1. The van der Waals surface area contributed by atoms with Gasteiger partial charge in [-0.3, -0.25) is 4.79 Å². The van der Waals surface area contributed by atoms with Crippen molar-refractivity contribution in [3.63, 3.8) is 0 Å². The maximum absolute atomic E-state index is 10.4. The van der Waals surface area contributed by atoms with Gasteiger partial charge in [0.15, 0.2) is 6.29 Å². The summed E-state index contributed by atoms with van der Waals surface area (Å²) < 4.78 is 6.75. The summed E-state index contributed by atoms with van der Waals surface area (Å²) in [6.07, 6.45) is 2.85. The molecular weight excluding hydrogens is 198 g/mol. The van der Waals surface area contributed by atoms with Gasteiger partial charge in [-0.1, -0.05) is 12.1 Å². The van der Waals surface area contributed by atoms with Crippen LogP contribution in [0.1, 0.15) is 29.2 Å². The van der Waals surface area contributed by atoms with Crippen LogP contribution in [-0.4, -0.2) is 31.5 Å². The van der Waals surface area contributed by atoms with E-state index in [-0.39, 0.29) is 5.69 Å². The van der Waals surface area contributed by atoms with Crippen molar-refractivity contribution in [1.82, 2.24) is 25.2 Å². The van der Waals surface area contributed by atoms with Gasteiger partial charge in [-0.05, 0) is 0 Å². The number of hydrogen-bond acceptors (Lipinski definition) is 6. The van der Waals surface area contributed by atoms with Crippen molar-refractivity contribution in [2.24, 2.45) is 0 Å². The molecule has 0 aliphatic heterocycles. The Kier molecular flexibility index (Phi) is 2.53. The van der Waals surface area contributed by atoms with E-state index in [4.69, 9.17) is 4.42 Å². The largest absolute Gasteiger partial charge is 0.423 e. The van der Waals surface area contributed by atoms with Gasteiger partial charge in [0, 0.05) is 6.42 Å². The van der Waals surface area contributed by atoms with Gasteiger partial charge in [-0.15, -0.1) is 15.3 Å². The number of rotatable bonds is 4. The Morgan fingerprint density at radius 1 is 1.40 bits per heavy atom. The number of hydrogen-bond donors (Lipinski definition) is 0. The molecule has 78 valence electrons. The lowest BCUT2D eigenvalue weighted by molar-refractivity contribution is 0.111. The first-order chi connectivity index (χ1) is 7.31. The summed E-state index contributed by atoms with van der Waals surface area (Å²) in [4.78, 5) is 10.4. The molecule has 2 heterocycles. The van der Waals surface area contributed by atoms with Gasteiger partial charge in [0.2, 0.25) is 11.8 Å². The molecule has 2 aromatic heterocycles. The smallest absolute Gasteiger partial charge is 0.237 e. The number of aromatic nitrogens is 5. The molecule has 0 spiro atoms. The summed E-state index contributed by atoms with van der Waals surface area (Å²) >= 11 is 0. The van der Waals surface area contributed by atoms with Gasteiger partial charge < -0.3 is 4.42 Å². The summed E-state index contributed by atoms with van der Waals surface area (Å²) in [6.45, 7) is 2.26. The van der Waals surface area contributed by atoms with E-state index in [1.807, 2.05) is 6.92 Å². The van der Waals surface area contributed by atoms with Gasteiger partial charge in [-0.25, -0.2) is 4.68 Å². The molecule has 0 unspecified atom stereocenters. The highest BCUT2D eigenvalue weighted by molar-refractivity contribution is 5.70. The van der Waals surface area contributed by atoms with Crippen molar-refractivity contribution < 1.29 is 9.21 Å². The normalized spacial score (nSPS) is 10.5. The Balaban J connectivity index is 2.10. The molecule has 15 heavy (non-hydrogen) atoms. The van der Waals surface area contributed by atoms with Crippen molar-refractivity contribution >= 4 is 6.29 Å². The second kappa shape index (κ2) is 3.99. The van der Waals surface area contributed by atoms with Crippen LogP contribution in [0.4, 0.5) is 0 Å². The third kappa shape index (κ3) is 2.06. The SMILES string of the molecule is CCc1nnc(Cn2cc(C=O)nn2)o1. The lowest BCUT2D eigenvalue weighted by atomic mass is 10.5. The Hall–Kier alpha value is -2.05. The number of nitrogens with zero attached hydrogens (tertiary/aromatic N) is 5. The highest BCUT2D eigenvalue weighted by atomic mass is 16.4. The summed E-state index contributed by atoms with van der Waals surface area (Å²) in [5, 5.41) is 15.0. The molecule has 2 aromatic rings. The minimum absolute atomic E-state index is 0.283. The Morgan fingerprint density at radius 3 is 2.80 bits per heavy atom. The fraction of sp³-hybridized carbons (Fsp3) is 0.375. The van der Waals surface area contributed by atoms with Crippen LogP contribution in [0.2, 0.25) is 0 Å². The van der Waals surface area contributed by atoms with E-state index in [1.165, 1.54) is 10.9 Å². The van der Waals surface area contributed by atoms with Crippen LogP contribution < -0.4 is 0 Å². The van der Waals surface area contributed by atoms with Gasteiger partial charge >= 0.3 is 0 Å². The molecule has 0 fully saturated rings. The molecule has 0 bridgehead atoms. The predicted molar refractivity (Wildman–Crippen MR) is 48.2 cm³/mol. The van der Waals surface area contributed by atoms with Crippen LogP contribution in [0, 0.1) is 0 Å². The van der Waals surface area contributed by atoms with Crippen molar-refractivity contribution in [3.05, 3.63) is 23.7 Å². The number of carbonyl (C=O) groups is 1. The maximum atomic E-state index is 10.4. The number of carbonyl (C=O) groups excluding carboxylic acids is 1. The lowest BCUT2D eigenvalue weighted by Gasteiger charge is -1.92. The van der Waals surface area contributed by atoms with E-state index in [9.17, 15) is 4.79 Å². The highest BCUT2D eigenvalue weighted by Crippen LogP contribution is 2.02. The third-order valence-corrected chi connectivity index (χ3v) is 1.79. The zero-order valence-electron chi connectivity index (χ0n) is 8.12. The van der Waals surface area contributed by atoms with E-state index in [0.717, 1.165) is 0 Å². The van der Waals surface area contributed by atoms with Gasteiger partial charge in [-0.2, -0.15) is 0 Å². The maximum Gasteiger partial charge on any atom is 0.237 e. The number of aryl methyl sites for hydroxylation is 1. The molecule has 0 aliphatic rings. The molecule has 0 amide bonds. The van der Waals surface area contributed by atoms with E-state index in [2.05, 4.69) is 20.5 Å². The third-order valence-electron chi connectivity index (χ3n) is 1.79. The zero-order chi connectivity index (χ0) is 10.7. The fourth-order valence-electron chi connectivity index (χ4n) is 1.08. The predicted octanol–water partition coefficient (Wildman–Crippen LogP) is 0.0843. The first-order valence-electron chi connectivity index (χ1n) is 4.48. The fourth-order valence-corrected chi connectivity index (χ4v) is 1.08. The molecular formula is C8H9N5O2. The van der Waals surface area contributed by atoms with E-state index in [0.29, 0.717) is 31.0 Å². The van der Waals surface area contributed by atoms with Crippen molar-refractivity contribution in [2.45, 2.75) is 19.9 Å². The van der Waals surface area contributed by atoms with Gasteiger partial charge in [0.25, 0.3) is 0 Å². The summed E-state index contributed by atoms with van der Waals surface area (Å²) in [6, 6.07) is 0. The van der Waals surface area contributed by atoms with Crippen LogP contribution in [0.3, 0.4) is 0 Å². The quantitative estimate of drug-likeness (QED) is 0.660. The molecule has 0 saturated carbocycles. The standard InChI is InChI=1S/C8H9N5O2/c1-2-7-10-11-8(15-7)4-13-3-6(5-14)9-12-13/h3,5H,2,4H2,1H3. The molecule has 2 rings (SSSR count). The van der Waals surface area contributed by atoms with E-state index < -0.39 is 0 Å². The molecule has 0 atom stereocenters. The molecule has 0 N–H and O–H groups in total. The minimum atomic E-state index is 0.283. The van der Waals surface area contributed by atoms with Crippen LogP contribution in [-0.2, 0) is 13.0 Å². The molecule has 0 saturated heterocycles. The van der Waals surface area contributed by atoms with Crippen LogP contribution >= 0.6 is 0 Å². The second-order valence-corrected chi connectivity index (χ2v) is 2.90. The van der Waals surface area contributed by atoms with Crippen molar-refractivity contribution in [2.75, 3.05) is 0 Å². The summed E-state index contributed by atoms with van der Waals surface area (Å²) in [5.41, 5.74) is 0.283. The highest BCUT2D eigenvalue weighted by Gasteiger charge is 2.06. The van der Waals surface area contributed by atoms with Crippen LogP contribution in [0.15, 0.2) is 10.6 Å². The average Bonchev–Trinajstić information content (AvgIpc) is 2.87. The first kappa shape index (κ1) is 9.50. The van der Waals surface area contributed by atoms with Gasteiger partial charge in [0.1, 0.15) is 12.2 Å². The Labute approximate surface area is 85.1 Å². The lowest BCUT2D eigenvalue weighted by Crippen LogP contribution is -2.00. The molecule has 0 aromatic carbocycles. The molecule has 7 nitrogen and oxygen atoms in total. The molecule has 7 heteroatoms. The summed E-state index contributed by atoms with van der Waals surface area (Å²) in [5.74, 6) is 1.04. The van der Waals surface area contributed by atoms with E-state index in [1.54, 1.807) is 0 Å². The molecule has 0 radical (unpaired) electrons. The first-order valence-corrected chi connectivity index (χ1v) is 4.48. The van der Waals surface area contributed by atoms with E-state index >= 15 is 0 Å². The van der Waals surface area contributed by atoms with Gasteiger partial charge in [0.05, 0.1) is 6.20 Å².